The number of rotatable bonds is 6. The van der Waals surface area contributed by atoms with Crippen molar-refractivity contribution in [1.82, 2.24) is 4.90 Å². The Morgan fingerprint density at radius 2 is 2.31 bits per heavy atom. The SMILES string of the molecule is CCCN(CCBr)CC1CCCO1. The molecular formula is C10H20BrNO. The number of ether oxygens (including phenoxy) is 1. The van der Waals surface area contributed by atoms with Gasteiger partial charge in [0.15, 0.2) is 0 Å². The molecule has 0 aromatic carbocycles. The lowest BCUT2D eigenvalue weighted by molar-refractivity contribution is 0.0753. The Kier molecular flexibility index (Phi) is 6.00. The number of halogens is 1. The lowest BCUT2D eigenvalue weighted by atomic mass is 10.2. The van der Waals surface area contributed by atoms with E-state index in [0.717, 1.165) is 25.0 Å². The molecule has 1 atom stereocenters. The highest BCUT2D eigenvalue weighted by Gasteiger charge is 2.18. The van der Waals surface area contributed by atoms with E-state index in [0.29, 0.717) is 6.10 Å². The highest BCUT2D eigenvalue weighted by Crippen LogP contribution is 2.13. The minimum Gasteiger partial charge on any atom is -0.377 e. The van der Waals surface area contributed by atoms with E-state index < -0.39 is 0 Å². The highest BCUT2D eigenvalue weighted by atomic mass is 79.9. The number of hydrogen-bond donors (Lipinski definition) is 0. The first kappa shape index (κ1) is 11.5. The molecule has 0 N–H and O–H groups in total. The smallest absolute Gasteiger partial charge is 0.0702 e. The third kappa shape index (κ3) is 4.43. The minimum absolute atomic E-state index is 0.505. The number of nitrogens with zero attached hydrogens (tertiary/aromatic N) is 1. The van der Waals surface area contributed by atoms with Crippen molar-refractivity contribution in [2.24, 2.45) is 0 Å². The molecule has 3 heteroatoms. The second kappa shape index (κ2) is 6.80. The van der Waals surface area contributed by atoms with Gasteiger partial charge in [0.2, 0.25) is 0 Å². The summed E-state index contributed by atoms with van der Waals surface area (Å²) in [5.74, 6) is 0. The van der Waals surface area contributed by atoms with Crippen LogP contribution >= 0.6 is 15.9 Å². The molecule has 78 valence electrons. The van der Waals surface area contributed by atoms with E-state index >= 15 is 0 Å². The molecule has 1 aliphatic heterocycles. The van der Waals surface area contributed by atoms with Crippen LogP contribution < -0.4 is 0 Å². The Balaban J connectivity index is 2.19. The summed E-state index contributed by atoms with van der Waals surface area (Å²) in [6.45, 7) is 6.67. The van der Waals surface area contributed by atoms with Crippen LogP contribution in [0.2, 0.25) is 0 Å². The Hall–Kier alpha value is 0.400. The topological polar surface area (TPSA) is 12.5 Å². The van der Waals surface area contributed by atoms with Crippen LogP contribution in [0, 0.1) is 0 Å². The van der Waals surface area contributed by atoms with Gasteiger partial charge in [-0.15, -0.1) is 0 Å². The zero-order chi connectivity index (χ0) is 9.52. The van der Waals surface area contributed by atoms with E-state index in [1.807, 2.05) is 0 Å². The molecule has 0 radical (unpaired) electrons. The summed E-state index contributed by atoms with van der Waals surface area (Å²) in [5.41, 5.74) is 0. The number of alkyl halides is 1. The predicted octanol–water partition coefficient (Wildman–Crippen LogP) is 2.27. The van der Waals surface area contributed by atoms with Gasteiger partial charge in [-0.2, -0.15) is 0 Å². The average molecular weight is 250 g/mol. The van der Waals surface area contributed by atoms with Crippen molar-refractivity contribution in [3.8, 4) is 0 Å². The second-order valence-corrected chi connectivity index (χ2v) is 4.42. The van der Waals surface area contributed by atoms with Crippen LogP contribution in [0.3, 0.4) is 0 Å². The lowest BCUT2D eigenvalue weighted by Gasteiger charge is -2.23. The van der Waals surface area contributed by atoms with Gasteiger partial charge in [-0.3, -0.25) is 4.90 Å². The van der Waals surface area contributed by atoms with Crippen molar-refractivity contribution < 1.29 is 4.74 Å². The summed E-state index contributed by atoms with van der Waals surface area (Å²) in [6, 6.07) is 0. The van der Waals surface area contributed by atoms with Gasteiger partial charge >= 0.3 is 0 Å². The molecule has 13 heavy (non-hydrogen) atoms. The van der Waals surface area contributed by atoms with Crippen molar-refractivity contribution in [2.45, 2.75) is 32.3 Å². The van der Waals surface area contributed by atoms with Crippen LogP contribution in [0.5, 0.6) is 0 Å². The summed E-state index contributed by atoms with van der Waals surface area (Å²) >= 11 is 3.49. The van der Waals surface area contributed by atoms with Crippen molar-refractivity contribution in [2.75, 3.05) is 31.6 Å². The molecule has 1 rings (SSSR count). The Morgan fingerprint density at radius 1 is 1.46 bits per heavy atom. The third-order valence-electron chi connectivity index (χ3n) is 2.43. The van der Waals surface area contributed by atoms with E-state index in [9.17, 15) is 0 Å². The molecule has 2 nitrogen and oxygen atoms in total. The van der Waals surface area contributed by atoms with E-state index in [-0.39, 0.29) is 0 Å². The fourth-order valence-electron chi connectivity index (χ4n) is 1.81. The molecule has 0 bridgehead atoms. The van der Waals surface area contributed by atoms with Crippen molar-refractivity contribution >= 4 is 15.9 Å². The van der Waals surface area contributed by atoms with Crippen molar-refractivity contribution in [3.63, 3.8) is 0 Å². The Bertz CT molecular complexity index is 120. The van der Waals surface area contributed by atoms with E-state index in [2.05, 4.69) is 27.8 Å². The van der Waals surface area contributed by atoms with Gasteiger partial charge in [0, 0.05) is 25.0 Å². The number of hydrogen-bond acceptors (Lipinski definition) is 2. The van der Waals surface area contributed by atoms with E-state index in [1.165, 1.54) is 25.8 Å². The first-order chi connectivity index (χ1) is 6.36. The molecule has 0 amide bonds. The maximum absolute atomic E-state index is 5.62. The molecule has 0 saturated carbocycles. The molecular weight excluding hydrogens is 230 g/mol. The molecule has 0 aliphatic carbocycles. The second-order valence-electron chi connectivity index (χ2n) is 3.62. The Morgan fingerprint density at radius 3 is 2.85 bits per heavy atom. The summed E-state index contributed by atoms with van der Waals surface area (Å²) in [4.78, 5) is 2.49. The average Bonchev–Trinajstić information content (AvgIpc) is 2.58. The minimum atomic E-state index is 0.505. The molecule has 1 saturated heterocycles. The standard InChI is InChI=1S/C10H20BrNO/c1-2-6-12(7-5-11)9-10-4-3-8-13-10/h10H,2-9H2,1H3. The molecule has 1 unspecified atom stereocenters. The fourth-order valence-corrected chi connectivity index (χ4v) is 2.31. The maximum atomic E-state index is 5.62. The predicted molar refractivity (Wildman–Crippen MR) is 59.5 cm³/mol. The third-order valence-corrected chi connectivity index (χ3v) is 2.78. The molecule has 0 aromatic heterocycles. The van der Waals surface area contributed by atoms with Crippen LogP contribution in [0.15, 0.2) is 0 Å². The van der Waals surface area contributed by atoms with Gasteiger partial charge in [0.1, 0.15) is 0 Å². The maximum Gasteiger partial charge on any atom is 0.0702 e. The first-order valence-electron chi connectivity index (χ1n) is 5.26. The lowest BCUT2D eigenvalue weighted by Crippen LogP contribution is -2.34. The van der Waals surface area contributed by atoms with Crippen LogP contribution in [0.1, 0.15) is 26.2 Å². The van der Waals surface area contributed by atoms with Crippen LogP contribution in [-0.2, 0) is 4.74 Å². The van der Waals surface area contributed by atoms with Crippen LogP contribution in [0.4, 0.5) is 0 Å². The van der Waals surface area contributed by atoms with Gasteiger partial charge in [-0.1, -0.05) is 22.9 Å². The molecule has 1 aliphatic rings. The molecule has 0 spiro atoms. The first-order valence-corrected chi connectivity index (χ1v) is 6.39. The summed E-state index contributed by atoms with van der Waals surface area (Å²) in [7, 11) is 0. The van der Waals surface area contributed by atoms with E-state index in [4.69, 9.17) is 4.74 Å². The van der Waals surface area contributed by atoms with Gasteiger partial charge in [-0.05, 0) is 25.8 Å². The molecule has 0 aromatic rings. The van der Waals surface area contributed by atoms with E-state index in [1.54, 1.807) is 0 Å². The van der Waals surface area contributed by atoms with Gasteiger partial charge in [0.05, 0.1) is 6.10 Å². The summed E-state index contributed by atoms with van der Waals surface area (Å²) < 4.78 is 5.62. The molecule has 1 fully saturated rings. The highest BCUT2D eigenvalue weighted by molar-refractivity contribution is 9.09. The quantitative estimate of drug-likeness (QED) is 0.670. The van der Waals surface area contributed by atoms with Crippen molar-refractivity contribution in [3.05, 3.63) is 0 Å². The van der Waals surface area contributed by atoms with Gasteiger partial charge in [0.25, 0.3) is 0 Å². The zero-order valence-corrected chi connectivity index (χ0v) is 10.1. The largest absolute Gasteiger partial charge is 0.377 e. The van der Waals surface area contributed by atoms with Gasteiger partial charge in [-0.25, -0.2) is 0 Å². The zero-order valence-electron chi connectivity index (χ0n) is 8.47. The summed E-state index contributed by atoms with van der Waals surface area (Å²) in [6.07, 6.45) is 4.24. The normalized spacial score (nSPS) is 22.8. The Labute approximate surface area is 89.8 Å². The van der Waals surface area contributed by atoms with Gasteiger partial charge < -0.3 is 4.74 Å². The monoisotopic (exact) mass is 249 g/mol. The van der Waals surface area contributed by atoms with Crippen LogP contribution in [-0.4, -0.2) is 42.6 Å². The van der Waals surface area contributed by atoms with Crippen molar-refractivity contribution in [1.29, 1.82) is 0 Å². The fraction of sp³-hybridized carbons (Fsp3) is 1.00. The van der Waals surface area contributed by atoms with Crippen LogP contribution in [0.25, 0.3) is 0 Å². The molecule has 1 heterocycles. The summed E-state index contributed by atoms with van der Waals surface area (Å²) in [5, 5.41) is 1.07.